The Hall–Kier alpha value is 0.740. The number of hydrogen-bond donors (Lipinski definition) is 2. The number of hydrogen-bond acceptors (Lipinski definition) is 3. The molecule has 0 bridgehead atoms. The van der Waals surface area contributed by atoms with Crippen molar-refractivity contribution in [2.45, 2.75) is 58.5 Å². The summed E-state index contributed by atoms with van der Waals surface area (Å²) in [4.78, 5) is 18.1. The predicted octanol–water partition coefficient (Wildman–Crippen LogP) is 3.10. The molecule has 88 valence electrons. The monoisotopic (exact) mass is 242 g/mol. The van der Waals surface area contributed by atoms with Crippen molar-refractivity contribution in [2.75, 3.05) is 0 Å². The molecule has 5 heteroatoms. The summed E-state index contributed by atoms with van der Waals surface area (Å²) in [5, 5.41) is 0. The molecule has 0 aliphatic carbocycles. The average molecular weight is 242 g/mol. The summed E-state index contributed by atoms with van der Waals surface area (Å²) in [5.41, 5.74) is 1.19. The van der Waals surface area contributed by atoms with Crippen LogP contribution in [0.5, 0.6) is 0 Å². The summed E-state index contributed by atoms with van der Waals surface area (Å²) in [6.45, 7) is 12.7. The molecular formula is C9H24O3P2. The van der Waals surface area contributed by atoms with Gasteiger partial charge in [0.1, 0.15) is 0 Å². The fourth-order valence-corrected chi connectivity index (χ4v) is 10.1. The molecule has 0 saturated heterocycles. The zero-order valence-electron chi connectivity index (χ0n) is 9.98. The van der Waals surface area contributed by atoms with E-state index in [1.165, 1.54) is 0 Å². The van der Waals surface area contributed by atoms with Gasteiger partial charge in [-0.3, -0.25) is 0 Å². The van der Waals surface area contributed by atoms with Crippen molar-refractivity contribution in [3.8, 4) is 0 Å². The molecule has 0 aromatic heterocycles. The maximum atomic E-state index is 9.07. The van der Waals surface area contributed by atoms with Gasteiger partial charge in [-0.15, -0.1) is 0 Å². The molecule has 0 spiro atoms. The number of rotatable bonds is 5. The molecule has 0 saturated carbocycles. The van der Waals surface area contributed by atoms with Gasteiger partial charge in [0.25, 0.3) is 0 Å². The van der Waals surface area contributed by atoms with Gasteiger partial charge in [-0.2, -0.15) is 0 Å². The molecule has 0 radical (unpaired) electrons. The Morgan fingerprint density at radius 1 is 0.857 bits per heavy atom. The second-order valence-electron chi connectivity index (χ2n) is 4.66. The topological polar surface area (TPSA) is 49.7 Å². The van der Waals surface area contributed by atoms with Crippen LogP contribution >= 0.6 is 16.1 Å². The van der Waals surface area contributed by atoms with Crippen molar-refractivity contribution in [1.82, 2.24) is 0 Å². The van der Waals surface area contributed by atoms with E-state index in [-0.39, 0.29) is 0 Å². The molecule has 14 heavy (non-hydrogen) atoms. The Morgan fingerprint density at radius 2 is 1.14 bits per heavy atom. The Labute approximate surface area is 89.3 Å². The van der Waals surface area contributed by atoms with Crippen LogP contribution < -0.4 is 0 Å². The molecule has 0 aromatic carbocycles. The van der Waals surface area contributed by atoms with Crippen molar-refractivity contribution in [1.29, 1.82) is 0 Å². The molecule has 0 fully saturated rings. The normalized spacial score (nSPS) is 14.9. The molecule has 0 atom stereocenters. The zero-order chi connectivity index (χ0) is 11.5. The third-order valence-electron chi connectivity index (χ3n) is 2.95. The summed E-state index contributed by atoms with van der Waals surface area (Å²) in [5.74, 6) is 0. The van der Waals surface area contributed by atoms with E-state index in [4.69, 9.17) is 14.1 Å². The van der Waals surface area contributed by atoms with Gasteiger partial charge < -0.3 is 0 Å². The van der Waals surface area contributed by atoms with E-state index in [1.54, 1.807) is 0 Å². The first-order valence-electron chi connectivity index (χ1n) is 5.12. The van der Waals surface area contributed by atoms with Gasteiger partial charge in [-0.25, -0.2) is 0 Å². The van der Waals surface area contributed by atoms with E-state index in [0.717, 1.165) is 0 Å². The summed E-state index contributed by atoms with van der Waals surface area (Å²) in [6, 6.07) is 0. The Kier molecular flexibility index (Phi) is 6.03. The standard InChI is InChI=1S/C9H24O3P2/c1-7(2)14(8(3)4,9(5)6)12-13(10)11/h7-11,14H,1-6H3. The van der Waals surface area contributed by atoms with E-state index in [0.29, 0.717) is 17.0 Å². The van der Waals surface area contributed by atoms with Crippen LogP contribution in [-0.4, -0.2) is 26.8 Å². The molecule has 0 amide bonds. The van der Waals surface area contributed by atoms with E-state index >= 15 is 0 Å². The minimum absolute atomic E-state index is 0.395. The van der Waals surface area contributed by atoms with E-state index in [9.17, 15) is 0 Å². The second kappa shape index (κ2) is 5.72. The van der Waals surface area contributed by atoms with Gasteiger partial charge in [-0.05, 0) is 0 Å². The summed E-state index contributed by atoms with van der Waals surface area (Å²) in [7, 11) is -4.29. The van der Waals surface area contributed by atoms with Crippen LogP contribution in [-0.2, 0) is 4.31 Å². The molecule has 0 unspecified atom stereocenters. The minimum atomic E-state index is -2.22. The summed E-state index contributed by atoms with van der Waals surface area (Å²) < 4.78 is 5.54. The molecule has 0 aromatic rings. The molecule has 3 nitrogen and oxygen atoms in total. The third-order valence-corrected chi connectivity index (χ3v) is 10.3. The van der Waals surface area contributed by atoms with Gasteiger partial charge in [0.05, 0.1) is 0 Å². The summed E-state index contributed by atoms with van der Waals surface area (Å²) in [6.07, 6.45) is 0. The fraction of sp³-hybridized carbons (Fsp3) is 1.00. The third kappa shape index (κ3) is 3.12. The van der Waals surface area contributed by atoms with E-state index in [1.807, 2.05) is 0 Å². The molecule has 0 rings (SSSR count). The van der Waals surface area contributed by atoms with Crippen LogP contribution in [0.1, 0.15) is 41.5 Å². The molecular weight excluding hydrogens is 218 g/mol. The van der Waals surface area contributed by atoms with Crippen LogP contribution in [0.2, 0.25) is 0 Å². The van der Waals surface area contributed by atoms with Crippen molar-refractivity contribution in [3.05, 3.63) is 0 Å². The molecule has 0 aliphatic heterocycles. The first-order chi connectivity index (χ1) is 6.25. The maximum absolute atomic E-state index is 9.07. The van der Waals surface area contributed by atoms with Gasteiger partial charge in [0, 0.05) is 0 Å². The van der Waals surface area contributed by atoms with Crippen LogP contribution in [0, 0.1) is 0 Å². The van der Waals surface area contributed by atoms with Gasteiger partial charge in [0.2, 0.25) is 0 Å². The quantitative estimate of drug-likeness (QED) is 0.728. The van der Waals surface area contributed by atoms with Gasteiger partial charge in [-0.1, -0.05) is 0 Å². The Morgan fingerprint density at radius 3 is 1.21 bits per heavy atom. The van der Waals surface area contributed by atoms with Crippen LogP contribution in [0.15, 0.2) is 0 Å². The van der Waals surface area contributed by atoms with Crippen LogP contribution in [0.4, 0.5) is 0 Å². The Balaban J connectivity index is 4.95. The zero-order valence-corrected chi connectivity index (χ0v) is 11.9. The molecule has 0 aliphatic rings. The van der Waals surface area contributed by atoms with Crippen LogP contribution in [0.3, 0.4) is 0 Å². The van der Waals surface area contributed by atoms with E-state index in [2.05, 4.69) is 41.5 Å². The molecule has 2 N–H and O–H groups in total. The van der Waals surface area contributed by atoms with Crippen LogP contribution in [0.25, 0.3) is 0 Å². The van der Waals surface area contributed by atoms with Crippen molar-refractivity contribution in [3.63, 3.8) is 0 Å². The van der Waals surface area contributed by atoms with Gasteiger partial charge in [0.15, 0.2) is 0 Å². The fourth-order valence-electron chi connectivity index (χ4n) is 2.46. The predicted molar refractivity (Wildman–Crippen MR) is 66.2 cm³/mol. The second-order valence-corrected chi connectivity index (χ2v) is 11.1. The SMILES string of the molecule is CC(C)[PH](OP(O)O)(C(C)C)C(C)C. The first kappa shape index (κ1) is 14.7. The average Bonchev–Trinajstić information content (AvgIpc) is 1.97. The first-order valence-corrected chi connectivity index (χ1v) is 8.42. The summed E-state index contributed by atoms with van der Waals surface area (Å²) >= 11 is 0. The van der Waals surface area contributed by atoms with E-state index < -0.39 is 16.1 Å². The molecule has 0 heterocycles. The van der Waals surface area contributed by atoms with Crippen molar-refractivity contribution >= 4 is 16.1 Å². The van der Waals surface area contributed by atoms with Crippen molar-refractivity contribution in [2.24, 2.45) is 0 Å². The van der Waals surface area contributed by atoms with Gasteiger partial charge >= 0.3 is 88.7 Å². The van der Waals surface area contributed by atoms with Crippen molar-refractivity contribution < 1.29 is 14.1 Å². The Bertz CT molecular complexity index is 148.